The summed E-state index contributed by atoms with van der Waals surface area (Å²) in [7, 11) is 0. The third-order valence-corrected chi connectivity index (χ3v) is 15.0. The van der Waals surface area contributed by atoms with Gasteiger partial charge in [0.2, 0.25) is 0 Å². The maximum atomic E-state index is 2.63. The van der Waals surface area contributed by atoms with Gasteiger partial charge in [0.25, 0.3) is 0 Å². The van der Waals surface area contributed by atoms with Crippen molar-refractivity contribution >= 4 is 93.3 Å². The fourth-order valence-corrected chi connectivity index (χ4v) is 11.7. The highest BCUT2D eigenvalue weighted by Crippen LogP contribution is 2.50. The highest BCUT2D eigenvalue weighted by atomic mass is 15.2. The minimum atomic E-state index is 0.227. The molecule has 3 atom stereocenters. The molecule has 3 aliphatic carbocycles. The molecule has 0 saturated heterocycles. The second kappa shape index (κ2) is 14.2. The smallest absolute Gasteiger partial charge is 0.0641 e. The minimum absolute atomic E-state index is 0.227. The van der Waals surface area contributed by atoms with E-state index < -0.39 is 0 Å². The van der Waals surface area contributed by atoms with Crippen LogP contribution in [-0.2, 0) is 0 Å². The Morgan fingerprint density at radius 2 is 1.03 bits per heavy atom. The summed E-state index contributed by atoms with van der Waals surface area (Å²) in [6.45, 7) is 9.34. The first kappa shape index (κ1) is 37.5. The average molecular weight is 829 g/mol. The van der Waals surface area contributed by atoms with Crippen molar-refractivity contribution in [2.75, 3.05) is 9.80 Å². The Labute approximate surface area is 374 Å². The predicted octanol–water partition coefficient (Wildman–Crippen LogP) is 16.0. The van der Waals surface area contributed by atoms with E-state index in [0.717, 1.165) is 19.3 Å². The summed E-state index contributed by atoms with van der Waals surface area (Å²) in [5, 5.41) is 10.4. The molecule has 0 radical (unpaired) electrons. The quantitative estimate of drug-likeness (QED) is 0.152. The Bertz CT molecular complexity index is 3680. The lowest BCUT2D eigenvalue weighted by Crippen LogP contribution is -2.34. The van der Waals surface area contributed by atoms with Crippen molar-refractivity contribution in [1.29, 1.82) is 0 Å². The molecule has 0 amide bonds. The number of allylic oxidation sites excluding steroid dienone is 8. The first-order chi connectivity index (χ1) is 31.4. The number of nitrogens with zero attached hydrogens (tertiary/aromatic N) is 4. The van der Waals surface area contributed by atoms with E-state index in [2.05, 4.69) is 222 Å². The Morgan fingerprint density at radius 3 is 1.58 bits per heavy atom. The molecule has 0 aliphatic heterocycles. The van der Waals surface area contributed by atoms with Gasteiger partial charge in [-0.3, -0.25) is 0 Å². The molecule has 6 aromatic carbocycles. The molecular formula is C60H52N4. The topological polar surface area (TPSA) is 15.3 Å². The maximum absolute atomic E-state index is 2.63. The SMILES string of the molecule is CC(C)C1C=CC(N(c2ccccc2)c2ccc3c4cc5c(cc4n4c6ccccc6c2c34)c2ccc(N(C3=CCC(C(C)C)C=C3)C3C=CC=CC3)c3c4ccccc4n5c23)=CC1. The number of fused-ring (bicyclic) bond motifs is 12. The number of anilines is 3. The van der Waals surface area contributed by atoms with E-state index in [-0.39, 0.29) is 6.04 Å². The zero-order valence-corrected chi connectivity index (χ0v) is 37.0. The van der Waals surface area contributed by atoms with E-state index in [1.807, 2.05) is 0 Å². The van der Waals surface area contributed by atoms with Crippen LogP contribution in [0.2, 0.25) is 0 Å². The molecule has 4 aromatic heterocycles. The summed E-state index contributed by atoms with van der Waals surface area (Å²) in [5.74, 6) is 2.34. The molecule has 0 spiro atoms. The molecule has 4 heteroatoms. The van der Waals surface area contributed by atoms with Crippen LogP contribution >= 0.6 is 0 Å². The van der Waals surface area contributed by atoms with Gasteiger partial charge in [0.1, 0.15) is 0 Å². The number of para-hydroxylation sites is 3. The van der Waals surface area contributed by atoms with Crippen LogP contribution in [0.4, 0.5) is 17.1 Å². The lowest BCUT2D eigenvalue weighted by atomic mass is 9.88. The van der Waals surface area contributed by atoms with Crippen molar-refractivity contribution in [3.05, 3.63) is 187 Å². The van der Waals surface area contributed by atoms with Crippen LogP contribution in [0.25, 0.3) is 76.2 Å². The van der Waals surface area contributed by atoms with Gasteiger partial charge in [-0.25, -0.2) is 0 Å². The summed E-state index contributed by atoms with van der Waals surface area (Å²) >= 11 is 0. The Hall–Kier alpha value is -7.04. The molecule has 64 heavy (non-hydrogen) atoms. The Kier molecular flexibility index (Phi) is 8.34. The van der Waals surface area contributed by atoms with E-state index >= 15 is 0 Å². The molecule has 0 fully saturated rings. The standard InChI is InChI=1S/C60H52N4/c1-37(2)39-23-27-43(28-24-39)61(41-15-7-5-8-16-41)53-33-31-45-49-35-56-50(36-55(49)63-51-21-13-11-19-47(51)57(53)59(45)63)46-32-34-54(58-48-20-12-14-22-52(48)64(56)60(46)58)62(42-17-9-6-10-18-42)44-29-25-40(26-30-44)38(3)4/h5-17,19-23,25,27-40,42H,18,24,26H2,1-4H3. The number of benzene rings is 6. The summed E-state index contributed by atoms with van der Waals surface area (Å²) in [4.78, 5) is 5.12. The third kappa shape index (κ3) is 5.35. The van der Waals surface area contributed by atoms with Crippen molar-refractivity contribution in [2.45, 2.75) is 53.0 Å². The van der Waals surface area contributed by atoms with Crippen LogP contribution in [0.5, 0.6) is 0 Å². The van der Waals surface area contributed by atoms with Gasteiger partial charge >= 0.3 is 0 Å². The molecule has 0 N–H and O–H groups in total. The van der Waals surface area contributed by atoms with Gasteiger partial charge in [-0.1, -0.05) is 143 Å². The lowest BCUT2D eigenvalue weighted by Gasteiger charge is -2.36. The third-order valence-electron chi connectivity index (χ3n) is 15.0. The molecular weight excluding hydrogens is 777 g/mol. The second-order valence-corrected chi connectivity index (χ2v) is 19.2. The van der Waals surface area contributed by atoms with Gasteiger partial charge in [-0.15, -0.1) is 0 Å². The molecule has 4 nitrogen and oxygen atoms in total. The molecule has 10 aromatic rings. The van der Waals surface area contributed by atoms with Crippen LogP contribution in [0, 0.1) is 23.7 Å². The van der Waals surface area contributed by atoms with Crippen molar-refractivity contribution in [1.82, 2.24) is 8.80 Å². The fourth-order valence-electron chi connectivity index (χ4n) is 11.7. The highest BCUT2D eigenvalue weighted by molar-refractivity contribution is 6.32. The summed E-state index contributed by atoms with van der Waals surface area (Å²) in [6, 6.07) is 43.9. The molecule has 13 rings (SSSR count). The van der Waals surface area contributed by atoms with Crippen molar-refractivity contribution in [3.63, 3.8) is 0 Å². The fraction of sp³-hybridized carbons (Fsp3) is 0.200. The van der Waals surface area contributed by atoms with E-state index in [0.29, 0.717) is 23.7 Å². The molecule has 0 saturated carbocycles. The zero-order valence-electron chi connectivity index (χ0n) is 37.0. The van der Waals surface area contributed by atoms with E-state index in [1.165, 1.54) is 105 Å². The van der Waals surface area contributed by atoms with E-state index in [1.54, 1.807) is 0 Å². The van der Waals surface area contributed by atoms with Gasteiger partial charge in [0.15, 0.2) is 0 Å². The monoisotopic (exact) mass is 828 g/mol. The molecule has 4 heterocycles. The normalized spacial score (nSPS) is 19.1. The van der Waals surface area contributed by atoms with Gasteiger partial charge in [0, 0.05) is 60.2 Å². The Balaban J connectivity index is 1.07. The van der Waals surface area contributed by atoms with Crippen LogP contribution in [0.3, 0.4) is 0 Å². The van der Waals surface area contributed by atoms with Gasteiger partial charge < -0.3 is 18.6 Å². The maximum Gasteiger partial charge on any atom is 0.0641 e. The average Bonchev–Trinajstić information content (AvgIpc) is 4.06. The lowest BCUT2D eigenvalue weighted by molar-refractivity contribution is 0.465. The van der Waals surface area contributed by atoms with E-state index in [9.17, 15) is 0 Å². The molecule has 3 aliphatic rings. The Morgan fingerprint density at radius 1 is 0.484 bits per heavy atom. The van der Waals surface area contributed by atoms with Gasteiger partial charge in [0.05, 0.1) is 50.5 Å². The van der Waals surface area contributed by atoms with Crippen LogP contribution in [0.1, 0.15) is 47.0 Å². The predicted molar refractivity (Wildman–Crippen MR) is 274 cm³/mol. The second-order valence-electron chi connectivity index (χ2n) is 19.2. The van der Waals surface area contributed by atoms with Crippen LogP contribution < -0.4 is 9.80 Å². The van der Waals surface area contributed by atoms with Gasteiger partial charge in [-0.2, -0.15) is 0 Å². The number of hydrogen-bond acceptors (Lipinski definition) is 2. The zero-order chi connectivity index (χ0) is 42.8. The van der Waals surface area contributed by atoms with Crippen LogP contribution in [0.15, 0.2) is 187 Å². The van der Waals surface area contributed by atoms with Crippen molar-refractivity contribution < 1.29 is 0 Å². The van der Waals surface area contributed by atoms with Crippen molar-refractivity contribution in [2.24, 2.45) is 23.7 Å². The summed E-state index contributed by atoms with van der Waals surface area (Å²) in [5.41, 5.74) is 13.8. The van der Waals surface area contributed by atoms with Crippen molar-refractivity contribution in [3.8, 4) is 0 Å². The molecule has 3 unspecified atom stereocenters. The number of rotatable bonds is 8. The summed E-state index contributed by atoms with van der Waals surface area (Å²) < 4.78 is 5.14. The largest absolute Gasteiger partial charge is 0.334 e. The molecule has 312 valence electrons. The first-order valence-corrected chi connectivity index (χ1v) is 23.5. The van der Waals surface area contributed by atoms with E-state index in [4.69, 9.17) is 0 Å². The minimum Gasteiger partial charge on any atom is -0.334 e. The highest BCUT2D eigenvalue weighted by Gasteiger charge is 2.30. The number of aromatic nitrogens is 2. The van der Waals surface area contributed by atoms with Gasteiger partial charge in [-0.05, 0) is 104 Å². The van der Waals surface area contributed by atoms with Crippen LogP contribution in [-0.4, -0.2) is 14.8 Å². The molecule has 0 bridgehead atoms. The number of hydrogen-bond donors (Lipinski definition) is 0. The first-order valence-electron chi connectivity index (χ1n) is 23.5. The summed E-state index contributed by atoms with van der Waals surface area (Å²) in [6.07, 6.45) is 26.8.